The minimum absolute atomic E-state index is 0.468. The lowest BCUT2D eigenvalue weighted by Crippen LogP contribution is -2.05. The Morgan fingerprint density at radius 2 is 1.65 bits per heavy atom. The minimum atomic E-state index is 0.468. The first-order valence-corrected chi connectivity index (χ1v) is 8.92. The molecule has 0 aromatic heterocycles. The average Bonchev–Trinajstić information content (AvgIpc) is 2.65. The molecule has 0 saturated heterocycles. The molecule has 0 heterocycles. The molecule has 132 valence electrons. The van der Waals surface area contributed by atoms with Crippen molar-refractivity contribution in [1.29, 1.82) is 0 Å². The molecule has 3 aromatic rings. The maximum atomic E-state index is 5.99. The zero-order valence-electron chi connectivity index (χ0n) is 14.0. The highest BCUT2D eigenvalue weighted by Crippen LogP contribution is 2.16. The first kappa shape index (κ1) is 18.3. The topological polar surface area (TPSA) is 33.6 Å². The van der Waals surface area contributed by atoms with Gasteiger partial charge < -0.3 is 10.2 Å². The molecular formula is C21H18Cl2N2O. The van der Waals surface area contributed by atoms with Crippen LogP contribution in [0.5, 0.6) is 5.75 Å². The molecule has 0 fully saturated rings. The number of hydrogen-bond acceptors (Lipinski definition) is 3. The normalized spacial score (nSPS) is 10.8. The molecule has 3 aromatic carbocycles. The standard InChI is InChI=1S/C21H18Cl2N2O/c22-19-9-7-16(8-10-19)13-24-25-14-17-3-2-6-21(12-17)26-15-18-4-1-5-20(23)11-18/h1-12,14,24H,13,15H2/b25-14-. The quantitative estimate of drug-likeness (QED) is 0.418. The molecule has 0 aliphatic carbocycles. The largest absolute Gasteiger partial charge is 0.489 e. The Kier molecular flexibility index (Phi) is 6.53. The van der Waals surface area contributed by atoms with Crippen LogP contribution in [0.1, 0.15) is 16.7 Å². The van der Waals surface area contributed by atoms with Gasteiger partial charge in [-0.2, -0.15) is 5.10 Å². The summed E-state index contributed by atoms with van der Waals surface area (Å²) < 4.78 is 5.82. The van der Waals surface area contributed by atoms with Gasteiger partial charge in [0, 0.05) is 10.0 Å². The van der Waals surface area contributed by atoms with E-state index in [0.717, 1.165) is 27.5 Å². The fourth-order valence-corrected chi connectivity index (χ4v) is 2.68. The molecule has 0 spiro atoms. The molecule has 1 N–H and O–H groups in total. The highest BCUT2D eigenvalue weighted by atomic mass is 35.5. The number of rotatable bonds is 7. The van der Waals surface area contributed by atoms with Crippen molar-refractivity contribution in [2.75, 3.05) is 0 Å². The Bertz CT molecular complexity index is 879. The highest BCUT2D eigenvalue weighted by molar-refractivity contribution is 6.30. The molecule has 0 bridgehead atoms. The summed E-state index contributed by atoms with van der Waals surface area (Å²) in [6.07, 6.45) is 1.77. The zero-order valence-corrected chi connectivity index (χ0v) is 15.5. The van der Waals surface area contributed by atoms with E-state index < -0.39 is 0 Å². The smallest absolute Gasteiger partial charge is 0.120 e. The van der Waals surface area contributed by atoms with Gasteiger partial charge >= 0.3 is 0 Å². The summed E-state index contributed by atoms with van der Waals surface area (Å²) in [6, 6.07) is 23.1. The second kappa shape index (κ2) is 9.27. The molecule has 0 amide bonds. The Hall–Kier alpha value is -2.49. The number of nitrogens with one attached hydrogen (secondary N) is 1. The van der Waals surface area contributed by atoms with Crippen molar-refractivity contribution < 1.29 is 4.74 Å². The molecule has 0 aliphatic rings. The summed E-state index contributed by atoms with van der Waals surface area (Å²) in [6.45, 7) is 1.11. The monoisotopic (exact) mass is 384 g/mol. The number of benzene rings is 3. The lowest BCUT2D eigenvalue weighted by molar-refractivity contribution is 0.306. The summed E-state index contributed by atoms with van der Waals surface area (Å²) >= 11 is 11.9. The van der Waals surface area contributed by atoms with Gasteiger partial charge in [-0.1, -0.05) is 59.6 Å². The number of nitrogens with zero attached hydrogens (tertiary/aromatic N) is 1. The van der Waals surface area contributed by atoms with E-state index in [1.807, 2.05) is 72.8 Å². The summed E-state index contributed by atoms with van der Waals surface area (Å²) in [5.74, 6) is 0.784. The van der Waals surface area contributed by atoms with Crippen molar-refractivity contribution in [3.8, 4) is 5.75 Å². The average molecular weight is 385 g/mol. The van der Waals surface area contributed by atoms with Gasteiger partial charge in [-0.15, -0.1) is 0 Å². The van der Waals surface area contributed by atoms with Crippen LogP contribution in [0.3, 0.4) is 0 Å². The van der Waals surface area contributed by atoms with E-state index in [2.05, 4.69) is 10.5 Å². The van der Waals surface area contributed by atoms with Gasteiger partial charge in [-0.3, -0.25) is 0 Å². The molecule has 3 rings (SSSR count). The van der Waals surface area contributed by atoms with Crippen LogP contribution >= 0.6 is 23.2 Å². The van der Waals surface area contributed by atoms with Crippen LogP contribution in [0.15, 0.2) is 77.9 Å². The van der Waals surface area contributed by atoms with Gasteiger partial charge in [0.2, 0.25) is 0 Å². The SMILES string of the molecule is Clc1ccc(CN/N=C\c2cccc(OCc3cccc(Cl)c3)c2)cc1. The second-order valence-electron chi connectivity index (χ2n) is 5.71. The van der Waals surface area contributed by atoms with Gasteiger partial charge in [0.25, 0.3) is 0 Å². The van der Waals surface area contributed by atoms with Crippen molar-refractivity contribution in [2.45, 2.75) is 13.2 Å². The summed E-state index contributed by atoms with van der Waals surface area (Å²) in [4.78, 5) is 0. The Morgan fingerprint density at radius 1 is 0.846 bits per heavy atom. The number of ether oxygens (including phenoxy) is 1. The Morgan fingerprint density at radius 3 is 2.46 bits per heavy atom. The van der Waals surface area contributed by atoms with E-state index in [9.17, 15) is 0 Å². The molecule has 0 radical (unpaired) electrons. The lowest BCUT2D eigenvalue weighted by Gasteiger charge is -2.07. The Balaban J connectivity index is 1.52. The van der Waals surface area contributed by atoms with E-state index >= 15 is 0 Å². The van der Waals surface area contributed by atoms with Crippen LogP contribution in [0.2, 0.25) is 10.0 Å². The lowest BCUT2D eigenvalue weighted by atomic mass is 10.2. The predicted octanol–water partition coefficient (Wildman–Crippen LogP) is 5.70. The summed E-state index contributed by atoms with van der Waals surface area (Å²) in [5.41, 5.74) is 6.12. The highest BCUT2D eigenvalue weighted by Gasteiger charge is 1.98. The molecular weight excluding hydrogens is 367 g/mol. The van der Waals surface area contributed by atoms with E-state index in [1.54, 1.807) is 6.21 Å². The molecule has 0 unspecified atom stereocenters. The van der Waals surface area contributed by atoms with Gasteiger partial charge in [-0.25, -0.2) is 0 Å². The van der Waals surface area contributed by atoms with Crippen LogP contribution < -0.4 is 10.2 Å². The summed E-state index contributed by atoms with van der Waals surface area (Å²) in [5, 5.41) is 5.69. The van der Waals surface area contributed by atoms with Crippen molar-refractivity contribution in [3.63, 3.8) is 0 Å². The Labute approximate surface area is 163 Å². The van der Waals surface area contributed by atoms with E-state index in [1.165, 1.54) is 0 Å². The maximum absolute atomic E-state index is 5.99. The van der Waals surface area contributed by atoms with Crippen LogP contribution in [0.4, 0.5) is 0 Å². The number of hydrogen-bond donors (Lipinski definition) is 1. The number of hydrazone groups is 1. The van der Waals surface area contributed by atoms with Crippen molar-refractivity contribution in [1.82, 2.24) is 5.43 Å². The van der Waals surface area contributed by atoms with E-state index in [0.29, 0.717) is 18.2 Å². The predicted molar refractivity (Wildman–Crippen MR) is 108 cm³/mol. The maximum Gasteiger partial charge on any atom is 0.120 e. The minimum Gasteiger partial charge on any atom is -0.489 e. The molecule has 5 heteroatoms. The van der Waals surface area contributed by atoms with Crippen LogP contribution in [-0.2, 0) is 13.2 Å². The van der Waals surface area contributed by atoms with E-state index in [4.69, 9.17) is 27.9 Å². The van der Waals surface area contributed by atoms with Gasteiger partial charge in [0.15, 0.2) is 0 Å². The van der Waals surface area contributed by atoms with Crippen molar-refractivity contribution >= 4 is 29.4 Å². The van der Waals surface area contributed by atoms with Crippen LogP contribution in [-0.4, -0.2) is 6.21 Å². The van der Waals surface area contributed by atoms with Gasteiger partial charge in [0.1, 0.15) is 12.4 Å². The molecule has 0 atom stereocenters. The van der Waals surface area contributed by atoms with Crippen LogP contribution in [0.25, 0.3) is 0 Å². The first-order chi connectivity index (χ1) is 12.7. The third-order valence-electron chi connectivity index (χ3n) is 3.65. The third kappa shape index (κ3) is 5.80. The molecule has 0 saturated carbocycles. The third-order valence-corrected chi connectivity index (χ3v) is 4.14. The first-order valence-electron chi connectivity index (χ1n) is 8.17. The van der Waals surface area contributed by atoms with Gasteiger partial charge in [-0.05, 0) is 53.1 Å². The fourth-order valence-electron chi connectivity index (χ4n) is 2.34. The zero-order chi connectivity index (χ0) is 18.2. The number of halogens is 2. The molecule has 3 nitrogen and oxygen atoms in total. The van der Waals surface area contributed by atoms with Crippen molar-refractivity contribution in [2.24, 2.45) is 5.10 Å². The second-order valence-corrected chi connectivity index (χ2v) is 6.58. The fraction of sp³-hybridized carbons (Fsp3) is 0.0952. The van der Waals surface area contributed by atoms with Crippen LogP contribution in [0, 0.1) is 0 Å². The molecule has 26 heavy (non-hydrogen) atoms. The van der Waals surface area contributed by atoms with Gasteiger partial charge in [0.05, 0.1) is 12.8 Å². The molecule has 0 aliphatic heterocycles. The van der Waals surface area contributed by atoms with Crippen molar-refractivity contribution in [3.05, 3.63) is 99.5 Å². The van der Waals surface area contributed by atoms with E-state index in [-0.39, 0.29) is 0 Å². The summed E-state index contributed by atoms with van der Waals surface area (Å²) in [7, 11) is 0.